The van der Waals surface area contributed by atoms with Crippen molar-refractivity contribution in [2.45, 2.75) is 12.6 Å². The number of hydrogen-bond acceptors (Lipinski definition) is 2. The van der Waals surface area contributed by atoms with E-state index in [-0.39, 0.29) is 5.66 Å². The first kappa shape index (κ1) is 9.28. The van der Waals surface area contributed by atoms with E-state index in [1.54, 1.807) is 0 Å². The number of rotatable bonds is 1. The molecule has 0 saturated heterocycles. The van der Waals surface area contributed by atoms with Gasteiger partial charge in [-0.25, -0.2) is 0 Å². The molecule has 0 spiro atoms. The molecular formula is C14H14N2. The van der Waals surface area contributed by atoms with Crippen molar-refractivity contribution in [2.24, 2.45) is 0 Å². The maximum absolute atomic E-state index is 3.52. The highest BCUT2D eigenvalue weighted by molar-refractivity contribution is 5.76. The molecule has 16 heavy (non-hydrogen) atoms. The van der Waals surface area contributed by atoms with Crippen LogP contribution in [0.25, 0.3) is 0 Å². The van der Waals surface area contributed by atoms with Crippen LogP contribution in [0.5, 0.6) is 0 Å². The number of benzene rings is 2. The van der Waals surface area contributed by atoms with E-state index in [1.807, 2.05) is 18.2 Å². The summed E-state index contributed by atoms with van der Waals surface area (Å²) in [4.78, 5) is 0. The van der Waals surface area contributed by atoms with Crippen LogP contribution in [0.15, 0.2) is 54.6 Å². The van der Waals surface area contributed by atoms with Crippen molar-refractivity contribution in [1.82, 2.24) is 0 Å². The Bertz CT molecular complexity index is 480. The zero-order valence-corrected chi connectivity index (χ0v) is 9.20. The van der Waals surface area contributed by atoms with Crippen LogP contribution >= 0.6 is 0 Å². The number of anilines is 2. The van der Waals surface area contributed by atoms with Crippen molar-refractivity contribution in [2.75, 3.05) is 10.6 Å². The molecule has 0 unspecified atom stereocenters. The standard InChI is InChI=1S/C14H14N2/c1-14(11-7-3-2-4-8-11)15-12-9-5-6-10-13(12)16-14/h2-10,15-16H,1H3. The van der Waals surface area contributed by atoms with Crippen molar-refractivity contribution in [3.05, 3.63) is 60.2 Å². The van der Waals surface area contributed by atoms with Gasteiger partial charge in [-0.05, 0) is 24.6 Å². The predicted molar refractivity (Wildman–Crippen MR) is 67.5 cm³/mol. The molecule has 2 N–H and O–H groups in total. The lowest BCUT2D eigenvalue weighted by Gasteiger charge is -2.26. The van der Waals surface area contributed by atoms with Crippen LogP contribution < -0.4 is 10.6 Å². The Morgan fingerprint density at radius 2 is 1.25 bits per heavy atom. The van der Waals surface area contributed by atoms with Gasteiger partial charge in [0.25, 0.3) is 0 Å². The highest BCUT2D eigenvalue weighted by Gasteiger charge is 2.32. The largest absolute Gasteiger partial charge is 0.358 e. The summed E-state index contributed by atoms with van der Waals surface area (Å²) in [6, 6.07) is 18.7. The summed E-state index contributed by atoms with van der Waals surface area (Å²) >= 11 is 0. The van der Waals surface area contributed by atoms with Crippen molar-refractivity contribution in [3.8, 4) is 0 Å². The summed E-state index contributed by atoms with van der Waals surface area (Å²) in [6.07, 6.45) is 0. The minimum Gasteiger partial charge on any atom is -0.358 e. The SMILES string of the molecule is CC1(c2ccccc2)Nc2ccccc2N1. The molecule has 3 rings (SSSR count). The van der Waals surface area contributed by atoms with Gasteiger partial charge in [0, 0.05) is 0 Å². The molecule has 0 aliphatic carbocycles. The molecule has 2 nitrogen and oxygen atoms in total. The van der Waals surface area contributed by atoms with Crippen LogP contribution in [0, 0.1) is 0 Å². The van der Waals surface area contributed by atoms with Gasteiger partial charge in [0.2, 0.25) is 0 Å². The fraction of sp³-hybridized carbons (Fsp3) is 0.143. The highest BCUT2D eigenvalue weighted by Crippen LogP contribution is 2.38. The molecule has 0 bridgehead atoms. The van der Waals surface area contributed by atoms with E-state index in [2.05, 4.69) is 54.0 Å². The van der Waals surface area contributed by atoms with Crippen LogP contribution in [0.3, 0.4) is 0 Å². The molecule has 0 saturated carbocycles. The Labute approximate surface area is 95.3 Å². The average molecular weight is 210 g/mol. The smallest absolute Gasteiger partial charge is 0.131 e. The molecule has 0 radical (unpaired) electrons. The van der Waals surface area contributed by atoms with Gasteiger partial charge in [-0.2, -0.15) is 0 Å². The Hall–Kier alpha value is -1.96. The Kier molecular flexibility index (Phi) is 1.90. The molecule has 0 atom stereocenters. The van der Waals surface area contributed by atoms with E-state index in [4.69, 9.17) is 0 Å². The van der Waals surface area contributed by atoms with Crippen molar-refractivity contribution >= 4 is 11.4 Å². The van der Waals surface area contributed by atoms with E-state index in [0.29, 0.717) is 0 Å². The molecular weight excluding hydrogens is 196 g/mol. The predicted octanol–water partition coefficient (Wildman–Crippen LogP) is 3.40. The van der Waals surface area contributed by atoms with Crippen LogP contribution in [0.4, 0.5) is 11.4 Å². The van der Waals surface area contributed by atoms with E-state index in [9.17, 15) is 0 Å². The average Bonchev–Trinajstić information content (AvgIpc) is 2.68. The molecule has 2 heteroatoms. The summed E-state index contributed by atoms with van der Waals surface area (Å²) in [5, 5.41) is 7.03. The van der Waals surface area contributed by atoms with Crippen LogP contribution in [0.1, 0.15) is 12.5 Å². The Morgan fingerprint density at radius 1 is 0.750 bits per heavy atom. The monoisotopic (exact) mass is 210 g/mol. The second-order valence-electron chi connectivity index (χ2n) is 4.29. The topological polar surface area (TPSA) is 24.1 Å². The molecule has 2 aromatic carbocycles. The first-order chi connectivity index (χ1) is 7.78. The van der Waals surface area contributed by atoms with Gasteiger partial charge in [-0.3, -0.25) is 0 Å². The van der Waals surface area contributed by atoms with E-state index in [1.165, 1.54) is 5.56 Å². The van der Waals surface area contributed by atoms with Crippen molar-refractivity contribution in [1.29, 1.82) is 0 Å². The Morgan fingerprint density at radius 3 is 1.81 bits per heavy atom. The summed E-state index contributed by atoms with van der Waals surface area (Å²) in [6.45, 7) is 2.16. The minimum absolute atomic E-state index is 0.203. The maximum atomic E-state index is 3.52. The third-order valence-corrected chi connectivity index (χ3v) is 3.05. The lowest BCUT2D eigenvalue weighted by molar-refractivity contribution is 0.651. The molecule has 1 aliphatic heterocycles. The zero-order chi connectivity index (χ0) is 11.0. The molecule has 0 amide bonds. The van der Waals surface area contributed by atoms with Gasteiger partial charge in [-0.1, -0.05) is 42.5 Å². The fourth-order valence-electron chi connectivity index (χ4n) is 2.19. The molecule has 80 valence electrons. The van der Waals surface area contributed by atoms with Crippen LogP contribution in [-0.4, -0.2) is 0 Å². The number of fused-ring (bicyclic) bond motifs is 1. The first-order valence-electron chi connectivity index (χ1n) is 5.49. The van der Waals surface area contributed by atoms with E-state index < -0.39 is 0 Å². The third kappa shape index (κ3) is 1.34. The summed E-state index contributed by atoms with van der Waals surface area (Å²) in [5.74, 6) is 0. The van der Waals surface area contributed by atoms with Gasteiger partial charge >= 0.3 is 0 Å². The summed E-state index contributed by atoms with van der Waals surface area (Å²) < 4.78 is 0. The first-order valence-corrected chi connectivity index (χ1v) is 5.49. The summed E-state index contributed by atoms with van der Waals surface area (Å²) in [5.41, 5.74) is 3.36. The maximum Gasteiger partial charge on any atom is 0.131 e. The van der Waals surface area contributed by atoms with Gasteiger partial charge in [-0.15, -0.1) is 0 Å². The normalized spacial score (nSPS) is 16.1. The Balaban J connectivity index is 2.01. The lowest BCUT2D eigenvalue weighted by atomic mass is 10.0. The lowest BCUT2D eigenvalue weighted by Crippen LogP contribution is -2.34. The zero-order valence-electron chi connectivity index (χ0n) is 9.20. The molecule has 0 aromatic heterocycles. The van der Waals surface area contributed by atoms with Crippen molar-refractivity contribution < 1.29 is 0 Å². The van der Waals surface area contributed by atoms with Crippen molar-refractivity contribution in [3.63, 3.8) is 0 Å². The second-order valence-corrected chi connectivity index (χ2v) is 4.29. The van der Waals surface area contributed by atoms with Gasteiger partial charge in [0.15, 0.2) is 0 Å². The van der Waals surface area contributed by atoms with Gasteiger partial charge in [0.1, 0.15) is 5.66 Å². The highest BCUT2D eigenvalue weighted by atomic mass is 15.2. The molecule has 1 aliphatic rings. The number of para-hydroxylation sites is 2. The van der Waals surface area contributed by atoms with Gasteiger partial charge in [0.05, 0.1) is 11.4 Å². The fourth-order valence-corrected chi connectivity index (χ4v) is 2.19. The molecule has 0 fully saturated rings. The van der Waals surface area contributed by atoms with Gasteiger partial charge < -0.3 is 10.6 Å². The number of nitrogens with one attached hydrogen (secondary N) is 2. The van der Waals surface area contributed by atoms with Crippen LogP contribution in [-0.2, 0) is 5.66 Å². The summed E-state index contributed by atoms with van der Waals surface area (Å²) in [7, 11) is 0. The van der Waals surface area contributed by atoms with E-state index in [0.717, 1.165) is 11.4 Å². The van der Waals surface area contributed by atoms with E-state index >= 15 is 0 Å². The van der Waals surface area contributed by atoms with Crippen LogP contribution in [0.2, 0.25) is 0 Å². The second kappa shape index (κ2) is 3.27. The quantitative estimate of drug-likeness (QED) is 0.753. The molecule has 1 heterocycles. The molecule has 2 aromatic rings. The third-order valence-electron chi connectivity index (χ3n) is 3.05. The minimum atomic E-state index is -0.203. The number of hydrogen-bond donors (Lipinski definition) is 2.